The molecule has 10 heteroatoms. The fourth-order valence-corrected chi connectivity index (χ4v) is 3.37. The lowest BCUT2D eigenvalue weighted by Crippen LogP contribution is -2.45. The second-order valence-corrected chi connectivity index (χ2v) is 7.09. The molecule has 1 fully saturated rings. The molecule has 1 rings (SSSR count). The molecule has 126 valence electrons. The molecule has 0 saturated carbocycles. The Kier molecular flexibility index (Phi) is 6.85. The van der Waals surface area contributed by atoms with E-state index >= 15 is 0 Å². The molecular formula is C11H23F3N4O2S. The summed E-state index contributed by atoms with van der Waals surface area (Å²) in [5.74, 6) is 0.302. The first kappa shape index (κ1) is 18.6. The third-order valence-corrected chi connectivity index (χ3v) is 4.87. The fourth-order valence-electron chi connectivity index (χ4n) is 2.15. The zero-order valence-corrected chi connectivity index (χ0v) is 12.9. The molecule has 0 aromatic rings. The zero-order chi connectivity index (χ0) is 16.1. The molecule has 0 bridgehead atoms. The van der Waals surface area contributed by atoms with Crippen molar-refractivity contribution in [2.75, 3.05) is 45.8 Å². The Bertz CT molecular complexity index is 416. The summed E-state index contributed by atoms with van der Waals surface area (Å²) in [4.78, 5) is 2.09. The molecule has 1 aliphatic rings. The van der Waals surface area contributed by atoms with Crippen LogP contribution in [-0.4, -0.2) is 69.6 Å². The van der Waals surface area contributed by atoms with E-state index in [1.165, 1.54) is 0 Å². The molecule has 0 spiro atoms. The van der Waals surface area contributed by atoms with E-state index in [1.807, 2.05) is 6.92 Å². The summed E-state index contributed by atoms with van der Waals surface area (Å²) in [6.45, 7) is 3.40. The minimum absolute atomic E-state index is 0.185. The van der Waals surface area contributed by atoms with Gasteiger partial charge in [-0.05, 0) is 25.4 Å². The highest BCUT2D eigenvalue weighted by Gasteiger charge is 2.32. The lowest BCUT2D eigenvalue weighted by atomic mass is 10.1. The maximum Gasteiger partial charge on any atom is 0.402 e. The number of alkyl halides is 3. The van der Waals surface area contributed by atoms with Crippen LogP contribution in [0.15, 0.2) is 0 Å². The van der Waals surface area contributed by atoms with Gasteiger partial charge in [0.2, 0.25) is 0 Å². The first-order valence-corrected chi connectivity index (χ1v) is 8.32. The van der Waals surface area contributed by atoms with Crippen LogP contribution in [0.5, 0.6) is 0 Å². The Labute approximate surface area is 123 Å². The van der Waals surface area contributed by atoms with Crippen LogP contribution in [0.3, 0.4) is 0 Å². The maximum atomic E-state index is 12.1. The normalized spacial score (nSPS) is 21.2. The van der Waals surface area contributed by atoms with E-state index in [0.717, 1.165) is 17.4 Å². The van der Waals surface area contributed by atoms with Crippen LogP contribution >= 0.6 is 0 Å². The number of halogens is 3. The third-order valence-electron chi connectivity index (χ3n) is 3.31. The molecule has 1 aliphatic heterocycles. The van der Waals surface area contributed by atoms with Crippen molar-refractivity contribution >= 4 is 10.2 Å². The summed E-state index contributed by atoms with van der Waals surface area (Å²) in [7, 11) is -4.09. The lowest BCUT2D eigenvalue weighted by molar-refractivity contribution is -0.121. The third kappa shape index (κ3) is 6.92. The molecule has 21 heavy (non-hydrogen) atoms. The standard InChI is InChI=1S/C11H23F3N4O2S/c1-10(7-15)8-17-3-2-4-18(6-5-17)21(19,20)16-9-11(12,13)14/h10,16H,2-9,15H2,1H3. The van der Waals surface area contributed by atoms with Gasteiger partial charge in [0.25, 0.3) is 10.2 Å². The Morgan fingerprint density at radius 1 is 1.24 bits per heavy atom. The lowest BCUT2D eigenvalue weighted by Gasteiger charge is -2.24. The van der Waals surface area contributed by atoms with Crippen LogP contribution in [-0.2, 0) is 10.2 Å². The molecule has 0 aromatic heterocycles. The predicted octanol–water partition coefficient (Wildman–Crippen LogP) is -0.0144. The van der Waals surface area contributed by atoms with E-state index in [9.17, 15) is 21.6 Å². The number of nitrogens with one attached hydrogen (secondary N) is 1. The van der Waals surface area contributed by atoms with Gasteiger partial charge in [-0.15, -0.1) is 0 Å². The van der Waals surface area contributed by atoms with E-state index < -0.39 is 22.9 Å². The van der Waals surface area contributed by atoms with E-state index in [1.54, 1.807) is 4.72 Å². The average molecular weight is 332 g/mol. The minimum atomic E-state index is -4.55. The van der Waals surface area contributed by atoms with Crippen molar-refractivity contribution in [3.8, 4) is 0 Å². The second kappa shape index (κ2) is 7.73. The van der Waals surface area contributed by atoms with Crippen molar-refractivity contribution in [1.82, 2.24) is 13.9 Å². The zero-order valence-electron chi connectivity index (χ0n) is 12.1. The SMILES string of the molecule is CC(CN)CN1CCCN(S(=O)(=O)NCC(F)(F)F)CC1. The van der Waals surface area contributed by atoms with Crippen molar-refractivity contribution in [3.05, 3.63) is 0 Å². The van der Waals surface area contributed by atoms with Gasteiger partial charge in [0.15, 0.2) is 0 Å². The van der Waals surface area contributed by atoms with Crippen molar-refractivity contribution in [1.29, 1.82) is 0 Å². The van der Waals surface area contributed by atoms with Crippen LogP contribution in [0.25, 0.3) is 0 Å². The maximum absolute atomic E-state index is 12.1. The molecule has 0 aliphatic carbocycles. The number of nitrogens with two attached hydrogens (primary N) is 1. The van der Waals surface area contributed by atoms with Crippen LogP contribution in [0.2, 0.25) is 0 Å². The van der Waals surface area contributed by atoms with Crippen LogP contribution in [0.4, 0.5) is 13.2 Å². The van der Waals surface area contributed by atoms with Gasteiger partial charge in [-0.2, -0.15) is 30.6 Å². The van der Waals surface area contributed by atoms with E-state index in [4.69, 9.17) is 5.73 Å². The van der Waals surface area contributed by atoms with Crippen LogP contribution in [0.1, 0.15) is 13.3 Å². The largest absolute Gasteiger partial charge is 0.402 e. The van der Waals surface area contributed by atoms with Gasteiger partial charge < -0.3 is 10.6 Å². The average Bonchev–Trinajstić information content (AvgIpc) is 2.62. The number of hydrogen-bond acceptors (Lipinski definition) is 4. The Balaban J connectivity index is 2.53. The topological polar surface area (TPSA) is 78.7 Å². The Morgan fingerprint density at radius 2 is 1.90 bits per heavy atom. The van der Waals surface area contributed by atoms with Gasteiger partial charge in [-0.1, -0.05) is 6.92 Å². The summed E-state index contributed by atoms with van der Waals surface area (Å²) in [6.07, 6.45) is -3.97. The summed E-state index contributed by atoms with van der Waals surface area (Å²) in [6, 6.07) is 0. The Morgan fingerprint density at radius 3 is 2.48 bits per heavy atom. The monoisotopic (exact) mass is 332 g/mol. The molecule has 1 atom stereocenters. The summed E-state index contributed by atoms with van der Waals surface area (Å²) < 4.78 is 62.7. The van der Waals surface area contributed by atoms with Crippen LogP contribution in [0, 0.1) is 5.92 Å². The van der Waals surface area contributed by atoms with Gasteiger partial charge in [-0.25, -0.2) is 0 Å². The first-order valence-electron chi connectivity index (χ1n) is 6.88. The summed E-state index contributed by atoms with van der Waals surface area (Å²) in [5, 5.41) is 0. The first-order chi connectivity index (χ1) is 9.64. The molecule has 1 unspecified atom stereocenters. The van der Waals surface area contributed by atoms with Gasteiger partial charge in [0.05, 0.1) is 0 Å². The number of hydrogen-bond donors (Lipinski definition) is 2. The highest BCUT2D eigenvalue weighted by Crippen LogP contribution is 2.14. The predicted molar refractivity (Wildman–Crippen MR) is 73.8 cm³/mol. The van der Waals surface area contributed by atoms with Crippen molar-refractivity contribution in [2.24, 2.45) is 11.7 Å². The number of rotatable bonds is 6. The van der Waals surface area contributed by atoms with Crippen LogP contribution < -0.4 is 10.5 Å². The smallest absolute Gasteiger partial charge is 0.330 e. The Hall–Kier alpha value is -0.420. The van der Waals surface area contributed by atoms with E-state index in [0.29, 0.717) is 25.4 Å². The quantitative estimate of drug-likeness (QED) is 0.717. The molecule has 0 amide bonds. The van der Waals surface area contributed by atoms with E-state index in [2.05, 4.69) is 4.90 Å². The highest BCUT2D eigenvalue weighted by atomic mass is 32.2. The van der Waals surface area contributed by atoms with Gasteiger partial charge in [-0.3, -0.25) is 0 Å². The fraction of sp³-hybridized carbons (Fsp3) is 1.00. The summed E-state index contributed by atoms with van der Waals surface area (Å²) in [5.41, 5.74) is 5.56. The molecule has 3 N–H and O–H groups in total. The minimum Gasteiger partial charge on any atom is -0.330 e. The highest BCUT2D eigenvalue weighted by molar-refractivity contribution is 7.87. The second-order valence-electron chi connectivity index (χ2n) is 5.34. The van der Waals surface area contributed by atoms with E-state index in [-0.39, 0.29) is 13.1 Å². The molecule has 1 saturated heterocycles. The van der Waals surface area contributed by atoms with Crippen molar-refractivity contribution < 1.29 is 21.6 Å². The van der Waals surface area contributed by atoms with Gasteiger partial charge in [0.1, 0.15) is 6.54 Å². The molecule has 1 heterocycles. The molecule has 0 aromatic carbocycles. The van der Waals surface area contributed by atoms with Gasteiger partial charge >= 0.3 is 6.18 Å². The van der Waals surface area contributed by atoms with Crippen molar-refractivity contribution in [3.63, 3.8) is 0 Å². The number of nitrogens with zero attached hydrogens (tertiary/aromatic N) is 2. The molecular weight excluding hydrogens is 309 g/mol. The van der Waals surface area contributed by atoms with Crippen molar-refractivity contribution in [2.45, 2.75) is 19.5 Å². The summed E-state index contributed by atoms with van der Waals surface area (Å²) >= 11 is 0. The molecule has 6 nitrogen and oxygen atoms in total. The molecule has 0 radical (unpaired) electrons. The van der Waals surface area contributed by atoms with Gasteiger partial charge in [0, 0.05) is 26.2 Å².